The number of anilines is 1. The first-order valence-corrected chi connectivity index (χ1v) is 9.03. The van der Waals surface area contributed by atoms with E-state index in [4.69, 9.17) is 11.6 Å². The van der Waals surface area contributed by atoms with Crippen LogP contribution in [-0.2, 0) is 9.59 Å². The normalized spacial score (nSPS) is 19.0. The second-order valence-corrected chi connectivity index (χ2v) is 6.95. The van der Waals surface area contributed by atoms with Gasteiger partial charge in [-0.2, -0.15) is 0 Å². The molecule has 1 aliphatic rings. The lowest BCUT2D eigenvalue weighted by atomic mass is 10.00. The second-order valence-electron chi connectivity index (χ2n) is 6.51. The van der Waals surface area contributed by atoms with Crippen LogP contribution in [-0.4, -0.2) is 49.4 Å². The highest BCUT2D eigenvalue weighted by atomic mass is 35.5. The summed E-state index contributed by atoms with van der Waals surface area (Å²) in [5, 5.41) is 3.46. The van der Waals surface area contributed by atoms with Crippen LogP contribution < -0.4 is 10.2 Å². The number of hydrogen-bond acceptors (Lipinski definition) is 2. The Morgan fingerprint density at radius 3 is 2.62 bits per heavy atom. The van der Waals surface area contributed by atoms with Gasteiger partial charge in [-0.1, -0.05) is 18.5 Å². The molecule has 0 bridgehead atoms. The van der Waals surface area contributed by atoms with E-state index in [9.17, 15) is 9.59 Å². The molecule has 1 unspecified atom stereocenters. The predicted molar refractivity (Wildman–Crippen MR) is 96.3 cm³/mol. The zero-order chi connectivity index (χ0) is 17.5. The average molecular weight is 353 g/mol. The number of benzene rings is 1. The lowest BCUT2D eigenvalue weighted by Gasteiger charge is -2.35. The number of quaternary nitrogens is 1. The van der Waals surface area contributed by atoms with E-state index in [2.05, 4.69) is 12.2 Å². The predicted octanol–water partition coefficient (Wildman–Crippen LogP) is 1.58. The van der Waals surface area contributed by atoms with Crippen molar-refractivity contribution in [1.82, 2.24) is 4.90 Å². The van der Waals surface area contributed by atoms with Crippen molar-refractivity contribution in [2.45, 2.75) is 38.6 Å². The van der Waals surface area contributed by atoms with Crippen molar-refractivity contribution in [2.75, 3.05) is 32.0 Å². The minimum absolute atomic E-state index is 0.103. The average Bonchev–Trinajstić information content (AvgIpc) is 2.56. The summed E-state index contributed by atoms with van der Waals surface area (Å²) in [5.41, 5.74) is 0.714. The van der Waals surface area contributed by atoms with Crippen LogP contribution in [0.15, 0.2) is 24.3 Å². The Bertz CT molecular complexity index is 562. The maximum absolute atomic E-state index is 12.5. The van der Waals surface area contributed by atoms with E-state index >= 15 is 0 Å². The molecule has 0 aromatic heterocycles. The van der Waals surface area contributed by atoms with Crippen LogP contribution in [0, 0.1) is 0 Å². The second kappa shape index (κ2) is 9.04. The third kappa shape index (κ3) is 5.49. The topological polar surface area (TPSA) is 53.9 Å². The zero-order valence-corrected chi connectivity index (χ0v) is 15.2. The van der Waals surface area contributed by atoms with Crippen molar-refractivity contribution in [1.29, 1.82) is 0 Å². The molecule has 0 saturated carbocycles. The monoisotopic (exact) mass is 352 g/mol. The lowest BCUT2D eigenvalue weighted by Crippen LogP contribution is -3.11. The summed E-state index contributed by atoms with van der Waals surface area (Å²) >= 11 is 5.83. The standard InChI is InChI=1S/C18H26ClN3O2/c1-3-16-6-4-5-11-22(16)18(24)13-21(2)12-17(23)20-15-9-7-14(19)8-10-15/h7-10,16H,3-6,11-13H2,1-2H3,(H,20,23)/p+1/t16-/m1/s1. The fraction of sp³-hybridized carbons (Fsp3) is 0.556. The van der Waals surface area contributed by atoms with Gasteiger partial charge in [0.1, 0.15) is 0 Å². The number of rotatable bonds is 6. The van der Waals surface area contributed by atoms with Gasteiger partial charge in [0.05, 0.1) is 7.05 Å². The molecule has 2 rings (SSSR count). The number of likely N-dealkylation sites (tertiary alicyclic amines) is 1. The summed E-state index contributed by atoms with van der Waals surface area (Å²) in [5.74, 6) is 0.0478. The molecule has 0 aliphatic carbocycles. The van der Waals surface area contributed by atoms with E-state index in [0.29, 0.717) is 23.3 Å². The van der Waals surface area contributed by atoms with Gasteiger partial charge in [0.25, 0.3) is 11.8 Å². The van der Waals surface area contributed by atoms with Crippen molar-refractivity contribution < 1.29 is 14.5 Å². The zero-order valence-electron chi connectivity index (χ0n) is 14.5. The Morgan fingerprint density at radius 2 is 1.96 bits per heavy atom. The van der Waals surface area contributed by atoms with Gasteiger partial charge in [0, 0.05) is 23.3 Å². The third-order valence-corrected chi connectivity index (χ3v) is 4.71. The summed E-state index contributed by atoms with van der Waals surface area (Å²) in [6, 6.07) is 7.36. The first-order valence-electron chi connectivity index (χ1n) is 8.65. The van der Waals surface area contributed by atoms with Gasteiger partial charge in [0.2, 0.25) is 0 Å². The molecule has 0 spiro atoms. The fourth-order valence-corrected chi connectivity index (χ4v) is 3.31. The van der Waals surface area contributed by atoms with Gasteiger partial charge >= 0.3 is 0 Å². The van der Waals surface area contributed by atoms with Crippen molar-refractivity contribution in [3.63, 3.8) is 0 Å². The van der Waals surface area contributed by atoms with Crippen LogP contribution in [0.2, 0.25) is 5.02 Å². The maximum Gasteiger partial charge on any atom is 0.279 e. The van der Waals surface area contributed by atoms with Gasteiger partial charge in [-0.05, 0) is 49.9 Å². The largest absolute Gasteiger partial charge is 0.335 e. The molecule has 1 aliphatic heterocycles. The first-order chi connectivity index (χ1) is 11.5. The quantitative estimate of drug-likeness (QED) is 0.816. The summed E-state index contributed by atoms with van der Waals surface area (Å²) in [6.07, 6.45) is 4.38. The van der Waals surface area contributed by atoms with E-state index < -0.39 is 0 Å². The first kappa shape index (κ1) is 18.7. The number of likely N-dealkylation sites (N-methyl/N-ethyl adjacent to an activating group) is 1. The molecule has 2 amide bonds. The van der Waals surface area contributed by atoms with E-state index in [1.54, 1.807) is 24.3 Å². The number of carbonyl (C=O) groups excluding carboxylic acids is 2. The highest BCUT2D eigenvalue weighted by Crippen LogP contribution is 2.19. The molecule has 1 aromatic carbocycles. The highest BCUT2D eigenvalue weighted by Gasteiger charge is 2.27. The van der Waals surface area contributed by atoms with E-state index in [1.807, 2.05) is 11.9 Å². The summed E-state index contributed by atoms with van der Waals surface area (Å²) in [4.78, 5) is 27.5. The van der Waals surface area contributed by atoms with Gasteiger partial charge in [0.15, 0.2) is 13.1 Å². The number of nitrogens with zero attached hydrogens (tertiary/aromatic N) is 1. The van der Waals surface area contributed by atoms with Gasteiger partial charge in [-0.25, -0.2) is 0 Å². The minimum Gasteiger partial charge on any atom is -0.335 e. The number of carbonyl (C=O) groups is 2. The van der Waals surface area contributed by atoms with Gasteiger partial charge in [-0.15, -0.1) is 0 Å². The molecule has 2 N–H and O–H groups in total. The van der Waals surface area contributed by atoms with Crippen LogP contribution >= 0.6 is 11.6 Å². The van der Waals surface area contributed by atoms with Crippen LogP contribution in [0.4, 0.5) is 5.69 Å². The Labute approximate surface area is 149 Å². The van der Waals surface area contributed by atoms with Crippen molar-refractivity contribution in [2.24, 2.45) is 0 Å². The van der Waals surface area contributed by atoms with Crippen LogP contribution in [0.1, 0.15) is 32.6 Å². The Balaban J connectivity index is 1.81. The molecule has 5 nitrogen and oxygen atoms in total. The maximum atomic E-state index is 12.5. The van der Waals surface area contributed by atoms with Crippen molar-refractivity contribution in [3.05, 3.63) is 29.3 Å². The SMILES string of the molecule is CC[C@@H]1CCCCN1C(=O)C[NH+](C)CC(=O)Nc1ccc(Cl)cc1. The van der Waals surface area contributed by atoms with Crippen molar-refractivity contribution >= 4 is 29.1 Å². The smallest absolute Gasteiger partial charge is 0.279 e. The highest BCUT2D eigenvalue weighted by molar-refractivity contribution is 6.30. The number of halogens is 1. The van der Waals surface area contributed by atoms with Crippen LogP contribution in [0.3, 0.4) is 0 Å². The van der Waals surface area contributed by atoms with Crippen LogP contribution in [0.5, 0.6) is 0 Å². The molecule has 132 valence electrons. The van der Waals surface area contributed by atoms with Crippen LogP contribution in [0.25, 0.3) is 0 Å². The minimum atomic E-state index is -0.103. The van der Waals surface area contributed by atoms with Crippen molar-refractivity contribution in [3.8, 4) is 0 Å². The molecule has 1 aromatic rings. The molecule has 1 saturated heterocycles. The fourth-order valence-electron chi connectivity index (χ4n) is 3.19. The Hall–Kier alpha value is -1.59. The molecule has 24 heavy (non-hydrogen) atoms. The molecule has 0 radical (unpaired) electrons. The summed E-state index contributed by atoms with van der Waals surface area (Å²) in [6.45, 7) is 3.59. The third-order valence-electron chi connectivity index (χ3n) is 4.46. The van der Waals surface area contributed by atoms with E-state index in [-0.39, 0.29) is 18.4 Å². The van der Waals surface area contributed by atoms with Gasteiger partial charge < -0.3 is 15.1 Å². The summed E-state index contributed by atoms with van der Waals surface area (Å²) < 4.78 is 0. The molecule has 1 heterocycles. The Kier molecular flexibility index (Phi) is 7.06. The number of nitrogens with one attached hydrogen (secondary N) is 2. The summed E-state index contributed by atoms with van der Waals surface area (Å²) in [7, 11) is 1.88. The number of hydrogen-bond donors (Lipinski definition) is 2. The lowest BCUT2D eigenvalue weighted by molar-refractivity contribution is -0.862. The number of amides is 2. The molecule has 1 fully saturated rings. The van der Waals surface area contributed by atoms with Gasteiger partial charge in [-0.3, -0.25) is 9.59 Å². The van der Waals surface area contributed by atoms with E-state index in [1.165, 1.54) is 6.42 Å². The molecular formula is C18H27ClN3O2+. The number of piperidine rings is 1. The Morgan fingerprint density at radius 1 is 1.25 bits per heavy atom. The molecule has 2 atom stereocenters. The molecule has 6 heteroatoms. The van der Waals surface area contributed by atoms with E-state index in [0.717, 1.165) is 30.7 Å². The molecular weight excluding hydrogens is 326 g/mol.